The average molecular weight is 421 g/mol. The van der Waals surface area contributed by atoms with Crippen LogP contribution < -0.4 is 18.9 Å². The van der Waals surface area contributed by atoms with Crippen molar-refractivity contribution in [1.82, 2.24) is 4.31 Å². The Labute approximate surface area is 170 Å². The number of hydrogen-bond donors (Lipinski definition) is 0. The number of benzene rings is 2. The fourth-order valence-electron chi connectivity index (χ4n) is 3.14. The summed E-state index contributed by atoms with van der Waals surface area (Å²) in [5.41, 5.74) is 0.0662. The van der Waals surface area contributed by atoms with Gasteiger partial charge in [-0.1, -0.05) is 6.07 Å². The van der Waals surface area contributed by atoms with Gasteiger partial charge in [0, 0.05) is 13.1 Å². The molecule has 1 saturated heterocycles. The summed E-state index contributed by atoms with van der Waals surface area (Å²) < 4.78 is 48.5. The minimum atomic E-state index is -3.78. The van der Waals surface area contributed by atoms with Crippen molar-refractivity contribution in [3.63, 3.8) is 0 Å². The van der Waals surface area contributed by atoms with Crippen LogP contribution in [0.25, 0.3) is 0 Å². The second-order valence-electron chi connectivity index (χ2n) is 6.36. The summed E-state index contributed by atoms with van der Waals surface area (Å²) >= 11 is 0. The maximum atomic E-state index is 13.0. The van der Waals surface area contributed by atoms with Crippen molar-refractivity contribution in [3.8, 4) is 23.0 Å². The van der Waals surface area contributed by atoms with Crippen LogP contribution in [0.5, 0.6) is 23.0 Å². The van der Waals surface area contributed by atoms with Crippen LogP contribution in [-0.2, 0) is 10.0 Å². The summed E-state index contributed by atoms with van der Waals surface area (Å²) in [4.78, 5) is 12.7. The van der Waals surface area contributed by atoms with Crippen molar-refractivity contribution in [3.05, 3.63) is 42.0 Å². The Hall–Kier alpha value is -2.78. The van der Waals surface area contributed by atoms with Crippen LogP contribution in [0.2, 0.25) is 0 Å². The van der Waals surface area contributed by atoms with Gasteiger partial charge in [0.15, 0.2) is 11.5 Å². The average Bonchev–Trinajstić information content (AvgIpc) is 3.29. The number of esters is 1. The highest BCUT2D eigenvalue weighted by Crippen LogP contribution is 2.37. The largest absolute Gasteiger partial charge is 0.495 e. The number of nitrogens with zero attached hydrogens (tertiary/aromatic N) is 1. The van der Waals surface area contributed by atoms with E-state index in [0.29, 0.717) is 24.6 Å². The third kappa shape index (κ3) is 4.15. The van der Waals surface area contributed by atoms with Gasteiger partial charge >= 0.3 is 5.97 Å². The molecule has 0 spiro atoms. The number of rotatable bonds is 7. The lowest BCUT2D eigenvalue weighted by Crippen LogP contribution is -2.28. The molecule has 1 fully saturated rings. The summed E-state index contributed by atoms with van der Waals surface area (Å²) in [7, 11) is 0.489. The first kappa shape index (κ1) is 20.9. The zero-order valence-electron chi connectivity index (χ0n) is 16.5. The van der Waals surface area contributed by atoms with Crippen LogP contribution in [0.3, 0.4) is 0 Å². The second kappa shape index (κ2) is 8.71. The van der Waals surface area contributed by atoms with Crippen LogP contribution in [0.15, 0.2) is 41.3 Å². The van der Waals surface area contributed by atoms with Crippen molar-refractivity contribution in [2.45, 2.75) is 17.7 Å². The lowest BCUT2D eigenvalue weighted by atomic mass is 10.2. The lowest BCUT2D eigenvalue weighted by Gasteiger charge is -2.18. The number of carbonyl (C=O) groups excluding carboxylic acids is 1. The van der Waals surface area contributed by atoms with Gasteiger partial charge in [0.05, 0.1) is 26.9 Å². The van der Waals surface area contributed by atoms with Gasteiger partial charge in [0.2, 0.25) is 15.8 Å². The highest BCUT2D eigenvalue weighted by atomic mass is 32.2. The minimum absolute atomic E-state index is 0.0662. The lowest BCUT2D eigenvalue weighted by molar-refractivity contribution is 0.0724. The van der Waals surface area contributed by atoms with E-state index in [0.717, 1.165) is 12.8 Å². The molecule has 1 heterocycles. The molecule has 0 atom stereocenters. The maximum Gasteiger partial charge on any atom is 0.343 e. The summed E-state index contributed by atoms with van der Waals surface area (Å²) in [5.74, 6) is 0.172. The summed E-state index contributed by atoms with van der Waals surface area (Å²) in [6, 6.07) is 9.12. The summed E-state index contributed by atoms with van der Waals surface area (Å²) in [6.45, 7) is 0.886. The highest BCUT2D eigenvalue weighted by molar-refractivity contribution is 7.89. The molecule has 0 amide bonds. The fraction of sp³-hybridized carbons (Fsp3) is 0.350. The van der Waals surface area contributed by atoms with E-state index in [1.54, 1.807) is 18.2 Å². The molecule has 0 aliphatic carbocycles. The summed E-state index contributed by atoms with van der Waals surface area (Å²) in [6.07, 6.45) is 1.60. The number of ether oxygens (including phenoxy) is 4. The molecule has 1 aliphatic heterocycles. The molecular weight excluding hydrogens is 398 g/mol. The number of hydrogen-bond acceptors (Lipinski definition) is 7. The van der Waals surface area contributed by atoms with Crippen molar-refractivity contribution >= 4 is 16.0 Å². The third-order valence-electron chi connectivity index (χ3n) is 4.66. The van der Waals surface area contributed by atoms with Crippen LogP contribution in [0.4, 0.5) is 0 Å². The van der Waals surface area contributed by atoms with E-state index in [1.807, 2.05) is 0 Å². The fourth-order valence-corrected chi connectivity index (χ4v) is 4.84. The monoisotopic (exact) mass is 421 g/mol. The molecule has 156 valence electrons. The SMILES string of the molecule is COc1ccc(C(=O)Oc2c(OC)cccc2OC)cc1S(=O)(=O)N1CCCC1. The van der Waals surface area contributed by atoms with Gasteiger partial charge in [-0.2, -0.15) is 4.31 Å². The second-order valence-corrected chi connectivity index (χ2v) is 8.26. The van der Waals surface area contributed by atoms with Gasteiger partial charge in [0.1, 0.15) is 10.6 Å². The molecule has 1 aliphatic rings. The molecule has 0 bridgehead atoms. The van der Waals surface area contributed by atoms with Gasteiger partial charge in [-0.15, -0.1) is 0 Å². The number of sulfonamides is 1. The smallest absolute Gasteiger partial charge is 0.343 e. The quantitative estimate of drug-likeness (QED) is 0.501. The Morgan fingerprint density at radius 1 is 0.897 bits per heavy atom. The van der Waals surface area contributed by atoms with E-state index in [2.05, 4.69) is 0 Å². The molecule has 0 unspecified atom stereocenters. The normalized spacial score (nSPS) is 14.4. The van der Waals surface area contributed by atoms with E-state index < -0.39 is 16.0 Å². The zero-order valence-corrected chi connectivity index (χ0v) is 17.3. The van der Waals surface area contributed by atoms with Crippen molar-refractivity contribution < 1.29 is 32.2 Å². The van der Waals surface area contributed by atoms with Crippen LogP contribution in [-0.4, -0.2) is 53.1 Å². The molecule has 9 heteroatoms. The minimum Gasteiger partial charge on any atom is -0.495 e. The van der Waals surface area contributed by atoms with E-state index in [4.69, 9.17) is 18.9 Å². The van der Waals surface area contributed by atoms with E-state index in [-0.39, 0.29) is 22.0 Å². The van der Waals surface area contributed by atoms with Crippen molar-refractivity contribution in [1.29, 1.82) is 0 Å². The molecule has 29 heavy (non-hydrogen) atoms. The van der Waals surface area contributed by atoms with Crippen LogP contribution in [0, 0.1) is 0 Å². The Kier molecular flexibility index (Phi) is 6.29. The standard InChI is InChI=1S/C20H23NO7S/c1-25-15-10-9-14(13-18(15)29(23,24)21-11-4-5-12-21)20(22)28-19-16(26-2)7-6-8-17(19)27-3/h6-10,13H,4-5,11-12H2,1-3H3. The molecule has 2 aromatic rings. The molecule has 0 aromatic heterocycles. The van der Waals surface area contributed by atoms with Gasteiger partial charge in [-0.05, 0) is 43.2 Å². The first-order chi connectivity index (χ1) is 13.9. The van der Waals surface area contributed by atoms with E-state index >= 15 is 0 Å². The van der Waals surface area contributed by atoms with Crippen LogP contribution in [0.1, 0.15) is 23.2 Å². The number of carbonyl (C=O) groups is 1. The first-order valence-corrected chi connectivity index (χ1v) is 10.5. The van der Waals surface area contributed by atoms with Gasteiger partial charge in [0.25, 0.3) is 0 Å². The van der Waals surface area contributed by atoms with Crippen LogP contribution >= 0.6 is 0 Å². The molecule has 0 N–H and O–H groups in total. The topological polar surface area (TPSA) is 91.4 Å². The van der Waals surface area contributed by atoms with Gasteiger partial charge in [-0.25, -0.2) is 13.2 Å². The predicted octanol–water partition coefficient (Wildman–Crippen LogP) is 2.72. The third-order valence-corrected chi connectivity index (χ3v) is 6.58. The van der Waals surface area contributed by atoms with Gasteiger partial charge < -0.3 is 18.9 Å². The van der Waals surface area contributed by atoms with Crippen molar-refractivity contribution in [2.24, 2.45) is 0 Å². The molecule has 0 saturated carbocycles. The Balaban J connectivity index is 1.97. The Morgan fingerprint density at radius 3 is 2.03 bits per heavy atom. The van der Waals surface area contributed by atoms with E-state index in [1.165, 1.54) is 43.8 Å². The Bertz CT molecular complexity index is 976. The zero-order chi connectivity index (χ0) is 21.0. The number of methoxy groups -OCH3 is 3. The summed E-state index contributed by atoms with van der Waals surface area (Å²) in [5, 5.41) is 0. The first-order valence-electron chi connectivity index (χ1n) is 9.03. The van der Waals surface area contributed by atoms with E-state index in [9.17, 15) is 13.2 Å². The molecule has 3 rings (SSSR count). The van der Waals surface area contributed by atoms with Crippen molar-refractivity contribution in [2.75, 3.05) is 34.4 Å². The molecule has 8 nitrogen and oxygen atoms in total. The molecule has 2 aromatic carbocycles. The number of para-hydroxylation sites is 1. The maximum absolute atomic E-state index is 13.0. The van der Waals surface area contributed by atoms with Gasteiger partial charge in [-0.3, -0.25) is 0 Å². The molecular formula is C20H23NO7S. The predicted molar refractivity (Wildman–Crippen MR) is 105 cm³/mol. The molecule has 0 radical (unpaired) electrons. The Morgan fingerprint density at radius 2 is 1.48 bits per heavy atom. The highest BCUT2D eigenvalue weighted by Gasteiger charge is 2.31.